The highest BCUT2D eigenvalue weighted by Gasteiger charge is 2.27. The molecule has 1 aliphatic heterocycles. The number of anilines is 1. The largest absolute Gasteiger partial charge is 0.308 e. The minimum Gasteiger partial charge on any atom is -0.308 e. The third-order valence-corrected chi connectivity index (χ3v) is 6.41. The van der Waals surface area contributed by atoms with Gasteiger partial charge in [0, 0.05) is 36.9 Å². The zero-order chi connectivity index (χ0) is 19.1. The summed E-state index contributed by atoms with van der Waals surface area (Å²) >= 11 is 6.02. The van der Waals surface area contributed by atoms with E-state index in [0.29, 0.717) is 11.6 Å². The van der Waals surface area contributed by atoms with Gasteiger partial charge in [0.25, 0.3) is 5.91 Å². The number of hydrogen-bond acceptors (Lipinski definition) is 3. The third kappa shape index (κ3) is 3.34. The van der Waals surface area contributed by atoms with Gasteiger partial charge in [-0.15, -0.1) is 0 Å². The standard InChI is InChI=1S/C18H18ClFN2O3S/c1-21(2)26(24,25)17-11-13(5-7-15(17)20)18(23)22-9-3-4-12-10-14(19)6-8-16(12)22/h5-8,10-11H,3-4,9H2,1-2H3. The molecule has 8 heteroatoms. The van der Waals surface area contributed by atoms with E-state index in [1.54, 1.807) is 17.0 Å². The lowest BCUT2D eigenvalue weighted by atomic mass is 10.0. The Morgan fingerprint density at radius 3 is 2.62 bits per heavy atom. The molecule has 1 aliphatic rings. The molecule has 0 aromatic heterocycles. The smallest absolute Gasteiger partial charge is 0.258 e. The van der Waals surface area contributed by atoms with Crippen LogP contribution in [0.3, 0.4) is 0 Å². The van der Waals surface area contributed by atoms with Gasteiger partial charge < -0.3 is 4.90 Å². The molecule has 0 aliphatic carbocycles. The Labute approximate surface area is 157 Å². The zero-order valence-electron chi connectivity index (χ0n) is 14.4. The molecule has 0 saturated carbocycles. The van der Waals surface area contributed by atoms with Crippen LogP contribution in [-0.2, 0) is 16.4 Å². The number of amides is 1. The lowest BCUT2D eigenvalue weighted by Crippen LogP contribution is -2.35. The molecule has 2 aromatic carbocycles. The third-order valence-electron chi connectivity index (χ3n) is 4.34. The highest BCUT2D eigenvalue weighted by Crippen LogP contribution is 2.31. The summed E-state index contributed by atoms with van der Waals surface area (Å²) in [7, 11) is -1.36. The summed E-state index contributed by atoms with van der Waals surface area (Å²) in [6, 6.07) is 8.71. The van der Waals surface area contributed by atoms with Crippen molar-refractivity contribution in [3.63, 3.8) is 0 Å². The number of benzene rings is 2. The first-order valence-corrected chi connectivity index (χ1v) is 9.86. The van der Waals surface area contributed by atoms with Crippen molar-refractivity contribution in [3.8, 4) is 0 Å². The average Bonchev–Trinajstić information content (AvgIpc) is 2.60. The number of aryl methyl sites for hydroxylation is 1. The molecule has 0 N–H and O–H groups in total. The van der Waals surface area contributed by atoms with Gasteiger partial charge in [0.2, 0.25) is 10.0 Å². The van der Waals surface area contributed by atoms with Gasteiger partial charge in [-0.1, -0.05) is 11.6 Å². The quantitative estimate of drug-likeness (QED) is 0.799. The van der Waals surface area contributed by atoms with Gasteiger partial charge in [-0.05, 0) is 54.8 Å². The van der Waals surface area contributed by atoms with Gasteiger partial charge in [-0.25, -0.2) is 17.1 Å². The first kappa shape index (κ1) is 18.8. The van der Waals surface area contributed by atoms with Crippen LogP contribution in [0.4, 0.5) is 10.1 Å². The Morgan fingerprint density at radius 1 is 1.19 bits per heavy atom. The first-order chi connectivity index (χ1) is 12.2. The number of hydrogen-bond donors (Lipinski definition) is 0. The Bertz CT molecular complexity index is 976. The topological polar surface area (TPSA) is 57.7 Å². The van der Waals surface area contributed by atoms with Crippen molar-refractivity contribution in [2.75, 3.05) is 25.5 Å². The van der Waals surface area contributed by atoms with E-state index in [1.807, 2.05) is 6.07 Å². The lowest BCUT2D eigenvalue weighted by Gasteiger charge is -2.30. The predicted octanol–water partition coefficient (Wildman–Crippen LogP) is 3.32. The van der Waals surface area contributed by atoms with Crippen molar-refractivity contribution in [2.24, 2.45) is 0 Å². The maximum atomic E-state index is 14.1. The number of nitrogens with zero attached hydrogens (tertiary/aromatic N) is 2. The molecule has 0 fully saturated rings. The van der Waals surface area contributed by atoms with Crippen LogP contribution in [0.5, 0.6) is 0 Å². The van der Waals surface area contributed by atoms with Gasteiger partial charge in [0.15, 0.2) is 0 Å². The summed E-state index contributed by atoms with van der Waals surface area (Å²) in [6.07, 6.45) is 1.58. The fraction of sp³-hybridized carbons (Fsp3) is 0.278. The van der Waals surface area contributed by atoms with E-state index >= 15 is 0 Å². The van der Waals surface area contributed by atoms with Crippen molar-refractivity contribution in [2.45, 2.75) is 17.7 Å². The number of sulfonamides is 1. The SMILES string of the molecule is CN(C)S(=O)(=O)c1cc(C(=O)N2CCCc3cc(Cl)ccc32)ccc1F. The summed E-state index contributed by atoms with van der Waals surface area (Å²) in [4.78, 5) is 14.0. The second kappa shape index (κ2) is 6.98. The molecule has 0 spiro atoms. The zero-order valence-corrected chi connectivity index (χ0v) is 15.9. The number of halogens is 2. The average molecular weight is 397 g/mol. The fourth-order valence-corrected chi connectivity index (χ4v) is 4.14. The van der Waals surface area contributed by atoms with Crippen LogP contribution in [0.15, 0.2) is 41.3 Å². The number of fused-ring (bicyclic) bond motifs is 1. The second-order valence-electron chi connectivity index (χ2n) is 6.27. The van der Waals surface area contributed by atoms with Gasteiger partial charge in [-0.3, -0.25) is 4.79 Å². The van der Waals surface area contributed by atoms with Crippen LogP contribution in [0.25, 0.3) is 0 Å². The van der Waals surface area contributed by atoms with Crippen LogP contribution in [0, 0.1) is 5.82 Å². The second-order valence-corrected chi connectivity index (χ2v) is 8.82. The molecule has 0 bridgehead atoms. The summed E-state index contributed by atoms with van der Waals surface area (Å²) in [5.74, 6) is -1.26. The van der Waals surface area contributed by atoms with Crippen LogP contribution < -0.4 is 4.90 Å². The predicted molar refractivity (Wildman–Crippen MR) is 98.7 cm³/mol. The molecule has 5 nitrogen and oxygen atoms in total. The summed E-state index contributed by atoms with van der Waals surface area (Å²) in [6.45, 7) is 0.501. The number of carbonyl (C=O) groups excluding carboxylic acids is 1. The van der Waals surface area contributed by atoms with Crippen molar-refractivity contribution < 1.29 is 17.6 Å². The molecular weight excluding hydrogens is 379 g/mol. The maximum absolute atomic E-state index is 14.1. The van der Waals surface area contributed by atoms with E-state index in [2.05, 4.69) is 0 Å². The Hall–Kier alpha value is -1.96. The molecule has 0 atom stereocenters. The molecule has 26 heavy (non-hydrogen) atoms. The molecule has 3 rings (SSSR count). The Kier molecular flexibility index (Phi) is 5.05. The van der Waals surface area contributed by atoms with E-state index in [9.17, 15) is 17.6 Å². The number of rotatable bonds is 3. The van der Waals surface area contributed by atoms with E-state index in [0.717, 1.165) is 40.5 Å². The van der Waals surface area contributed by atoms with E-state index in [4.69, 9.17) is 11.6 Å². The summed E-state index contributed by atoms with van der Waals surface area (Å²) in [5, 5.41) is 0.596. The molecule has 1 heterocycles. The van der Waals surface area contributed by atoms with E-state index < -0.39 is 20.7 Å². The van der Waals surface area contributed by atoms with Crippen molar-refractivity contribution in [3.05, 3.63) is 58.4 Å². The van der Waals surface area contributed by atoms with Gasteiger partial charge >= 0.3 is 0 Å². The van der Waals surface area contributed by atoms with Gasteiger partial charge in [0.05, 0.1) is 0 Å². The normalized spacial score (nSPS) is 14.4. The molecule has 2 aromatic rings. The van der Waals surface area contributed by atoms with Crippen molar-refractivity contribution in [1.82, 2.24) is 4.31 Å². The maximum Gasteiger partial charge on any atom is 0.258 e. The van der Waals surface area contributed by atoms with Crippen molar-refractivity contribution >= 4 is 33.2 Å². The summed E-state index contributed by atoms with van der Waals surface area (Å²) < 4.78 is 39.6. The van der Waals surface area contributed by atoms with Crippen LogP contribution in [0.1, 0.15) is 22.3 Å². The summed E-state index contributed by atoms with van der Waals surface area (Å²) in [5.41, 5.74) is 1.82. The number of carbonyl (C=O) groups is 1. The molecule has 138 valence electrons. The van der Waals surface area contributed by atoms with E-state index in [-0.39, 0.29) is 11.5 Å². The lowest BCUT2D eigenvalue weighted by molar-refractivity contribution is 0.0985. The molecule has 0 saturated heterocycles. The molecular formula is C18H18ClFN2O3S. The Balaban J connectivity index is 2.03. The fourth-order valence-electron chi connectivity index (χ4n) is 2.96. The minimum atomic E-state index is -3.99. The molecule has 0 unspecified atom stereocenters. The monoisotopic (exact) mass is 396 g/mol. The van der Waals surface area contributed by atoms with Crippen LogP contribution >= 0.6 is 11.6 Å². The van der Waals surface area contributed by atoms with E-state index in [1.165, 1.54) is 20.2 Å². The first-order valence-electron chi connectivity index (χ1n) is 8.04. The van der Waals surface area contributed by atoms with Crippen LogP contribution in [0.2, 0.25) is 5.02 Å². The molecule has 1 amide bonds. The van der Waals surface area contributed by atoms with Crippen molar-refractivity contribution in [1.29, 1.82) is 0 Å². The molecule has 0 radical (unpaired) electrons. The minimum absolute atomic E-state index is 0.120. The highest BCUT2D eigenvalue weighted by molar-refractivity contribution is 7.89. The van der Waals surface area contributed by atoms with Gasteiger partial charge in [0.1, 0.15) is 10.7 Å². The highest BCUT2D eigenvalue weighted by atomic mass is 35.5. The van der Waals surface area contributed by atoms with Gasteiger partial charge in [-0.2, -0.15) is 0 Å². The Morgan fingerprint density at radius 2 is 1.92 bits per heavy atom. The van der Waals surface area contributed by atoms with Crippen LogP contribution in [-0.4, -0.2) is 39.3 Å².